The maximum atomic E-state index is 12.4. The summed E-state index contributed by atoms with van der Waals surface area (Å²) in [4.78, 5) is 70.6. The van der Waals surface area contributed by atoms with E-state index in [9.17, 15) is 36.0 Å². The van der Waals surface area contributed by atoms with Gasteiger partial charge in [0.15, 0.2) is 9.84 Å². The third kappa shape index (κ3) is 20.1. The highest BCUT2D eigenvalue weighted by atomic mass is 35.5. The Morgan fingerprint density at radius 3 is 1.12 bits per heavy atom. The molecule has 6 N–H and O–H groups in total. The van der Waals surface area contributed by atoms with E-state index >= 15 is 0 Å². The molecule has 0 aliphatic heterocycles. The summed E-state index contributed by atoms with van der Waals surface area (Å²) in [6.45, 7) is 0. The van der Waals surface area contributed by atoms with Gasteiger partial charge in [-0.05, 0) is 182 Å². The number of nitrogens with two attached hydrogens (primary N) is 1. The Morgan fingerprint density at radius 1 is 0.388 bits per heavy atom. The van der Waals surface area contributed by atoms with Crippen molar-refractivity contribution in [3.8, 4) is 45.0 Å². The molecule has 0 fully saturated rings. The maximum Gasteiger partial charge on any atom is 0.265 e. The molecule has 6 aromatic carbocycles. The molecule has 98 heavy (non-hydrogen) atoms. The molecule has 12 rings (SSSR count). The van der Waals surface area contributed by atoms with Crippen molar-refractivity contribution in [3.63, 3.8) is 0 Å². The Bertz CT molecular complexity index is 5120. The summed E-state index contributed by atoms with van der Waals surface area (Å²) in [5.74, 6) is -1.43. The number of nitrogens with zero attached hydrogens (tertiary/aromatic N) is 5. The first-order valence-electron chi connectivity index (χ1n) is 28.5. The number of hydrogen-bond donors (Lipinski definition) is 5. The number of carbonyl (C=O) groups is 4. The van der Waals surface area contributed by atoms with E-state index in [2.05, 4.69) is 46.2 Å². The van der Waals surface area contributed by atoms with Crippen molar-refractivity contribution in [2.45, 2.75) is 9.10 Å². The Kier molecular flexibility index (Phi) is 25.0. The molecular weight excluding hydrogens is 1450 g/mol. The summed E-state index contributed by atoms with van der Waals surface area (Å²) >= 11 is 43.6. The molecule has 0 aliphatic carbocycles. The van der Waals surface area contributed by atoms with Gasteiger partial charge in [0, 0.05) is 81.6 Å². The molecule has 0 radical (unpaired) electrons. The van der Waals surface area contributed by atoms with E-state index in [1.807, 2.05) is 60.7 Å². The largest absolute Gasteiger partial charge is 0.322 e. The van der Waals surface area contributed by atoms with E-state index < -0.39 is 25.8 Å². The minimum atomic E-state index is -3.80. The fourth-order valence-corrected chi connectivity index (χ4v) is 12.6. The number of pyridine rings is 5. The van der Waals surface area contributed by atoms with Crippen LogP contribution in [0.1, 0.15) is 40.7 Å². The predicted molar refractivity (Wildman–Crippen MR) is 391 cm³/mol. The van der Waals surface area contributed by atoms with Crippen LogP contribution in [0, 0.1) is 0 Å². The fraction of sp³-hybridized carbons (Fsp3) is 0.0143. The minimum Gasteiger partial charge on any atom is -0.322 e. The van der Waals surface area contributed by atoms with Gasteiger partial charge in [0.1, 0.15) is 14.5 Å². The maximum absolute atomic E-state index is 12.4. The lowest BCUT2D eigenvalue weighted by Crippen LogP contribution is -2.14. The van der Waals surface area contributed by atoms with Crippen LogP contribution in [0.5, 0.6) is 0 Å². The first-order valence-corrected chi connectivity index (χ1v) is 35.4. The molecule has 12 aromatic rings. The van der Waals surface area contributed by atoms with Crippen LogP contribution >= 0.6 is 92.5 Å². The van der Waals surface area contributed by atoms with E-state index in [1.54, 1.807) is 134 Å². The van der Waals surface area contributed by atoms with Crippen molar-refractivity contribution in [1.82, 2.24) is 24.9 Å². The van der Waals surface area contributed by atoms with Gasteiger partial charge in [0.25, 0.3) is 23.6 Å². The van der Waals surface area contributed by atoms with Gasteiger partial charge >= 0.3 is 0 Å². The number of anilines is 4. The zero-order valence-electron chi connectivity index (χ0n) is 50.5. The summed E-state index contributed by atoms with van der Waals surface area (Å²) < 4.78 is 45.7. The zero-order valence-corrected chi connectivity index (χ0v) is 58.3. The number of rotatable bonds is 14. The van der Waals surface area contributed by atoms with Gasteiger partial charge < -0.3 is 21.3 Å². The average molecular weight is 1500 g/mol. The highest BCUT2D eigenvalue weighted by Crippen LogP contribution is 2.34. The van der Waals surface area contributed by atoms with Crippen molar-refractivity contribution < 1.29 is 36.0 Å². The normalized spacial score (nSPS) is 10.8. The number of aromatic nitrogens is 5. The number of primary sulfonamides is 1. The van der Waals surface area contributed by atoms with Crippen LogP contribution in [0.15, 0.2) is 252 Å². The van der Waals surface area contributed by atoms with Gasteiger partial charge in [0.05, 0.1) is 68.8 Å². The second-order valence-corrected chi connectivity index (χ2v) is 28.0. The van der Waals surface area contributed by atoms with Crippen LogP contribution in [0.25, 0.3) is 45.0 Å². The van der Waals surface area contributed by atoms with E-state index in [-0.39, 0.29) is 42.7 Å². The van der Waals surface area contributed by atoms with Crippen LogP contribution in [0.4, 0.5) is 22.7 Å². The smallest absolute Gasteiger partial charge is 0.265 e. The molecule has 0 aliphatic rings. The number of amides is 4. The summed E-state index contributed by atoms with van der Waals surface area (Å²) in [6, 6.07) is 60.8. The standard InChI is InChI=1S/C18H12Cl2N2O.C18H14ClN3O3S.C17H10Cl3N3O.C17H13ClN2O3S2/c19-15-6-2-1-5-13(15)18(23)22-12-8-9-16(20)14(11-12)17-7-3-4-10-21-17;19-16-9-6-13(11-15(16)17-3-1-2-10-21-17)22-18(23)12-4-7-14(8-5-12)26(20,24)25;18-13-6-4-10(9-12(13)14-3-1-2-8-21-14)22-17(24)11-5-7-15(19)23-16(11)20;1-25(22,23)16-8-7-15(24-16)17(21)20-11-5-6-13(18)12(10-11)14-4-2-3-9-19-14/h1-11H,(H,22,23);1-11H,(H,22,23)(H2,20,24,25);1-9H,(H,22,24);2-10H,1H3,(H,20,21). The topological polar surface area (TPSA) is 275 Å². The van der Waals surface area contributed by atoms with E-state index in [4.69, 9.17) is 86.3 Å². The van der Waals surface area contributed by atoms with Crippen molar-refractivity contribution in [1.29, 1.82) is 0 Å². The van der Waals surface area contributed by atoms with Crippen LogP contribution in [0.2, 0.25) is 35.4 Å². The molecule has 0 unspecified atom stereocenters. The van der Waals surface area contributed by atoms with Crippen LogP contribution in [-0.2, 0) is 19.9 Å². The number of sulfonamides is 1. The first-order chi connectivity index (χ1) is 46.9. The molecule has 6 aromatic heterocycles. The fourth-order valence-electron chi connectivity index (χ4n) is 8.74. The lowest BCUT2D eigenvalue weighted by Gasteiger charge is -2.10. The average Bonchev–Trinajstić information content (AvgIpc) is 0.904. The van der Waals surface area contributed by atoms with E-state index in [1.165, 1.54) is 48.5 Å². The van der Waals surface area contributed by atoms with Crippen molar-refractivity contribution in [2.24, 2.45) is 5.14 Å². The molecule has 0 atom stereocenters. The van der Waals surface area contributed by atoms with Crippen LogP contribution in [0.3, 0.4) is 0 Å². The number of halogens is 7. The molecule has 18 nitrogen and oxygen atoms in total. The summed E-state index contributed by atoms with van der Waals surface area (Å²) in [7, 11) is -7.12. The molecule has 0 saturated heterocycles. The molecule has 0 bridgehead atoms. The number of benzene rings is 6. The Labute approximate surface area is 601 Å². The lowest BCUT2D eigenvalue weighted by atomic mass is 10.1. The van der Waals surface area contributed by atoms with Gasteiger partial charge in [-0.15, -0.1) is 11.3 Å². The Balaban J connectivity index is 0.000000153. The summed E-state index contributed by atoms with van der Waals surface area (Å²) in [5.41, 5.74) is 8.92. The second-order valence-electron chi connectivity index (χ2n) is 20.4. The highest BCUT2D eigenvalue weighted by molar-refractivity contribution is 7.92. The monoisotopic (exact) mass is 1500 g/mol. The molecule has 494 valence electrons. The second kappa shape index (κ2) is 33.7. The predicted octanol–water partition coefficient (Wildman–Crippen LogP) is 18.1. The third-order valence-electron chi connectivity index (χ3n) is 13.5. The number of thiophene rings is 1. The van der Waals surface area contributed by atoms with Crippen molar-refractivity contribution in [3.05, 3.63) is 300 Å². The van der Waals surface area contributed by atoms with Crippen LogP contribution in [-0.4, -0.2) is 71.6 Å². The quantitative estimate of drug-likeness (QED) is 0.0634. The molecule has 0 saturated carbocycles. The van der Waals surface area contributed by atoms with Gasteiger partial charge in [0.2, 0.25) is 10.0 Å². The SMILES string of the molecule is CS(=O)(=O)c1ccc(C(=O)Nc2ccc(Cl)c(-c3ccccn3)c2)s1.NS(=O)(=O)c1ccc(C(=O)Nc2ccc(Cl)c(-c3ccccn3)c2)cc1.O=C(Nc1ccc(Cl)c(-c2ccccn2)c1)c1ccc(Cl)nc1Cl.O=C(Nc1ccc(Cl)c(-c2ccccn2)c1)c1ccccc1Cl. The summed E-state index contributed by atoms with van der Waals surface area (Å²) in [5, 5.41) is 18.9. The van der Waals surface area contributed by atoms with Gasteiger partial charge in [-0.2, -0.15) is 0 Å². The molecule has 28 heteroatoms. The number of nitrogens with one attached hydrogen (secondary N) is 4. The van der Waals surface area contributed by atoms with Gasteiger partial charge in [-0.1, -0.05) is 118 Å². The third-order valence-corrected chi connectivity index (χ3v) is 19.4. The Morgan fingerprint density at radius 2 is 0.765 bits per heavy atom. The molecule has 4 amide bonds. The molecule has 0 spiro atoms. The Hall–Kier alpha value is -9.46. The lowest BCUT2D eigenvalue weighted by molar-refractivity contribution is 0.101. The molecular formula is C70H49Cl7N10O8S3. The van der Waals surface area contributed by atoms with Crippen LogP contribution < -0.4 is 26.4 Å². The first kappa shape index (κ1) is 72.8. The van der Waals surface area contributed by atoms with E-state index in [0.717, 1.165) is 34.4 Å². The minimum absolute atomic E-state index is 0.0407. The number of carbonyl (C=O) groups excluding carboxylic acids is 4. The number of hydrogen-bond acceptors (Lipinski definition) is 14. The van der Waals surface area contributed by atoms with E-state index in [0.29, 0.717) is 92.1 Å². The van der Waals surface area contributed by atoms with Gasteiger partial charge in [-0.3, -0.25) is 39.1 Å². The number of sulfone groups is 1. The van der Waals surface area contributed by atoms with Crippen molar-refractivity contribution in [2.75, 3.05) is 27.5 Å². The highest BCUT2D eigenvalue weighted by Gasteiger charge is 2.19. The van der Waals surface area contributed by atoms with Gasteiger partial charge in [-0.25, -0.2) is 27.0 Å². The summed E-state index contributed by atoms with van der Waals surface area (Å²) in [6.07, 6.45) is 7.80. The zero-order chi connectivity index (χ0) is 70.1. The molecule has 6 heterocycles. The van der Waals surface area contributed by atoms with Crippen molar-refractivity contribution >= 4 is 159 Å².